The molecule has 0 aliphatic heterocycles. The van der Waals surface area contributed by atoms with Crippen molar-refractivity contribution < 1.29 is 0 Å². The Hall–Kier alpha value is -0.600. The summed E-state index contributed by atoms with van der Waals surface area (Å²) in [6.07, 6.45) is 1.88. The van der Waals surface area contributed by atoms with Gasteiger partial charge in [-0.2, -0.15) is 0 Å². The maximum absolute atomic E-state index is 3.65. The minimum absolute atomic E-state index is 0.452. The molecule has 11 heavy (non-hydrogen) atoms. The lowest BCUT2D eigenvalue weighted by molar-refractivity contribution is 0.628. The van der Waals surface area contributed by atoms with Crippen molar-refractivity contribution in [1.29, 1.82) is 0 Å². The van der Waals surface area contributed by atoms with E-state index in [-0.39, 0.29) is 0 Å². The van der Waals surface area contributed by atoms with E-state index >= 15 is 0 Å². The molecule has 1 rings (SSSR count). The van der Waals surface area contributed by atoms with Gasteiger partial charge in [-0.15, -0.1) is 17.9 Å². The van der Waals surface area contributed by atoms with E-state index in [1.807, 2.05) is 6.08 Å². The molecule has 0 saturated carbocycles. The molecule has 1 aromatic heterocycles. The standard InChI is InChI=1S/C9H13NS/c1-3-6-10-8(2)9-5-4-7-11-9/h3-5,7-8,10H,1,6H2,2H3/t8-/m0/s1. The minimum atomic E-state index is 0.452. The van der Waals surface area contributed by atoms with Crippen LogP contribution in [-0.4, -0.2) is 6.54 Å². The third-order valence-electron chi connectivity index (χ3n) is 1.54. The van der Waals surface area contributed by atoms with Crippen LogP contribution in [0.3, 0.4) is 0 Å². The SMILES string of the molecule is C=CCN[C@@H](C)c1cccs1. The first kappa shape index (κ1) is 8.50. The second kappa shape index (κ2) is 4.31. The average Bonchev–Trinajstić information content (AvgIpc) is 2.52. The van der Waals surface area contributed by atoms with Gasteiger partial charge >= 0.3 is 0 Å². The fourth-order valence-electron chi connectivity index (χ4n) is 0.898. The van der Waals surface area contributed by atoms with Gasteiger partial charge < -0.3 is 5.32 Å². The fourth-order valence-corrected chi connectivity index (χ4v) is 1.66. The number of nitrogens with one attached hydrogen (secondary N) is 1. The summed E-state index contributed by atoms with van der Waals surface area (Å²) in [6.45, 7) is 6.69. The van der Waals surface area contributed by atoms with Crippen LogP contribution in [0.1, 0.15) is 17.8 Å². The molecule has 1 nitrogen and oxygen atoms in total. The first-order valence-electron chi connectivity index (χ1n) is 3.72. The molecule has 0 radical (unpaired) electrons. The first-order valence-corrected chi connectivity index (χ1v) is 4.60. The van der Waals surface area contributed by atoms with Gasteiger partial charge in [-0.3, -0.25) is 0 Å². The van der Waals surface area contributed by atoms with Gasteiger partial charge in [0.05, 0.1) is 0 Å². The van der Waals surface area contributed by atoms with Crippen molar-refractivity contribution in [2.75, 3.05) is 6.54 Å². The normalized spacial score (nSPS) is 12.8. The maximum Gasteiger partial charge on any atom is 0.0388 e. The van der Waals surface area contributed by atoms with Crippen molar-refractivity contribution in [3.8, 4) is 0 Å². The summed E-state index contributed by atoms with van der Waals surface area (Å²) in [4.78, 5) is 1.38. The molecule has 0 amide bonds. The zero-order valence-electron chi connectivity index (χ0n) is 6.71. The van der Waals surface area contributed by atoms with Crippen LogP contribution >= 0.6 is 11.3 Å². The molecule has 0 fully saturated rings. The molecule has 1 atom stereocenters. The number of hydrogen-bond donors (Lipinski definition) is 1. The van der Waals surface area contributed by atoms with Crippen molar-refractivity contribution >= 4 is 11.3 Å². The Balaban J connectivity index is 2.42. The highest BCUT2D eigenvalue weighted by Crippen LogP contribution is 2.17. The molecular weight excluding hydrogens is 154 g/mol. The Kier molecular flexibility index (Phi) is 3.33. The summed E-state index contributed by atoms with van der Waals surface area (Å²) in [5.74, 6) is 0. The lowest BCUT2D eigenvalue weighted by atomic mass is 10.3. The summed E-state index contributed by atoms with van der Waals surface area (Å²) < 4.78 is 0. The second-order valence-corrected chi connectivity index (χ2v) is 3.41. The van der Waals surface area contributed by atoms with Crippen LogP contribution in [0.2, 0.25) is 0 Å². The second-order valence-electron chi connectivity index (χ2n) is 2.43. The van der Waals surface area contributed by atoms with E-state index in [0.717, 1.165) is 6.54 Å². The highest BCUT2D eigenvalue weighted by atomic mass is 32.1. The number of hydrogen-bond acceptors (Lipinski definition) is 2. The van der Waals surface area contributed by atoms with Crippen molar-refractivity contribution in [3.63, 3.8) is 0 Å². The Morgan fingerprint density at radius 2 is 2.64 bits per heavy atom. The maximum atomic E-state index is 3.65. The third-order valence-corrected chi connectivity index (χ3v) is 2.59. The van der Waals surface area contributed by atoms with Gasteiger partial charge in [0.2, 0.25) is 0 Å². The summed E-state index contributed by atoms with van der Waals surface area (Å²) in [5, 5.41) is 5.43. The van der Waals surface area contributed by atoms with Gasteiger partial charge in [0, 0.05) is 17.5 Å². The molecular formula is C9H13NS. The van der Waals surface area contributed by atoms with E-state index in [1.54, 1.807) is 11.3 Å². The largest absolute Gasteiger partial charge is 0.306 e. The molecule has 1 N–H and O–H groups in total. The van der Waals surface area contributed by atoms with Gasteiger partial charge in [0.15, 0.2) is 0 Å². The van der Waals surface area contributed by atoms with E-state index in [4.69, 9.17) is 0 Å². The van der Waals surface area contributed by atoms with Crippen LogP contribution in [0, 0.1) is 0 Å². The molecule has 0 aliphatic carbocycles. The third kappa shape index (κ3) is 2.48. The predicted octanol–water partition coefficient (Wildman–Crippen LogP) is 2.58. The highest BCUT2D eigenvalue weighted by molar-refractivity contribution is 7.10. The summed E-state index contributed by atoms with van der Waals surface area (Å²) >= 11 is 1.78. The Bertz CT molecular complexity index is 203. The molecule has 0 aliphatic rings. The topological polar surface area (TPSA) is 12.0 Å². The Morgan fingerprint density at radius 1 is 1.82 bits per heavy atom. The Labute approximate surface area is 71.8 Å². The van der Waals surface area contributed by atoms with E-state index in [1.165, 1.54) is 4.88 Å². The van der Waals surface area contributed by atoms with E-state index in [0.29, 0.717) is 6.04 Å². The first-order chi connectivity index (χ1) is 5.34. The molecule has 2 heteroatoms. The molecule has 1 aromatic rings. The summed E-state index contributed by atoms with van der Waals surface area (Å²) in [7, 11) is 0. The van der Waals surface area contributed by atoms with Crippen molar-refractivity contribution in [3.05, 3.63) is 35.0 Å². The zero-order chi connectivity index (χ0) is 8.10. The summed E-state index contributed by atoms with van der Waals surface area (Å²) in [5.41, 5.74) is 0. The molecule has 60 valence electrons. The van der Waals surface area contributed by atoms with Crippen molar-refractivity contribution in [2.45, 2.75) is 13.0 Å². The van der Waals surface area contributed by atoms with Crippen molar-refractivity contribution in [2.24, 2.45) is 0 Å². The lowest BCUT2D eigenvalue weighted by Crippen LogP contribution is -2.17. The van der Waals surface area contributed by atoms with Gasteiger partial charge in [0.1, 0.15) is 0 Å². The van der Waals surface area contributed by atoms with E-state index in [2.05, 4.69) is 36.3 Å². The minimum Gasteiger partial charge on any atom is -0.306 e. The molecule has 0 spiro atoms. The smallest absolute Gasteiger partial charge is 0.0388 e. The van der Waals surface area contributed by atoms with Crippen LogP contribution in [0.25, 0.3) is 0 Å². The number of thiophene rings is 1. The van der Waals surface area contributed by atoms with E-state index < -0.39 is 0 Å². The van der Waals surface area contributed by atoms with Crippen LogP contribution < -0.4 is 5.32 Å². The van der Waals surface area contributed by atoms with Gasteiger partial charge in [0.25, 0.3) is 0 Å². The van der Waals surface area contributed by atoms with Crippen LogP contribution in [0.5, 0.6) is 0 Å². The van der Waals surface area contributed by atoms with Crippen LogP contribution in [-0.2, 0) is 0 Å². The quantitative estimate of drug-likeness (QED) is 0.680. The number of rotatable bonds is 4. The lowest BCUT2D eigenvalue weighted by Gasteiger charge is -2.08. The molecule has 0 saturated heterocycles. The fraction of sp³-hybridized carbons (Fsp3) is 0.333. The zero-order valence-corrected chi connectivity index (χ0v) is 7.53. The van der Waals surface area contributed by atoms with Gasteiger partial charge in [-0.1, -0.05) is 12.1 Å². The van der Waals surface area contributed by atoms with Crippen molar-refractivity contribution in [1.82, 2.24) is 5.32 Å². The molecule has 0 bridgehead atoms. The summed E-state index contributed by atoms with van der Waals surface area (Å²) in [6, 6.07) is 4.67. The monoisotopic (exact) mass is 167 g/mol. The average molecular weight is 167 g/mol. The highest BCUT2D eigenvalue weighted by Gasteiger charge is 2.02. The van der Waals surface area contributed by atoms with E-state index in [9.17, 15) is 0 Å². The Morgan fingerprint density at radius 3 is 3.18 bits per heavy atom. The van der Waals surface area contributed by atoms with Gasteiger partial charge in [-0.05, 0) is 18.4 Å². The van der Waals surface area contributed by atoms with Crippen LogP contribution in [0.4, 0.5) is 0 Å². The molecule has 0 unspecified atom stereocenters. The molecule has 0 aromatic carbocycles. The predicted molar refractivity (Wildman–Crippen MR) is 50.9 cm³/mol. The van der Waals surface area contributed by atoms with Crippen LogP contribution in [0.15, 0.2) is 30.2 Å². The van der Waals surface area contributed by atoms with Gasteiger partial charge in [-0.25, -0.2) is 0 Å². The molecule has 1 heterocycles.